The minimum Gasteiger partial charge on any atom is -0.743 e. The molecule has 0 radical (unpaired) electrons. The molecule has 0 saturated carbocycles. The monoisotopic (exact) mass is 1100 g/mol. The summed E-state index contributed by atoms with van der Waals surface area (Å²) < 4.78 is 488. The van der Waals surface area contributed by atoms with E-state index in [2.05, 4.69) is 0 Å². The molecule has 6 nitrogen and oxygen atoms in total. The van der Waals surface area contributed by atoms with Gasteiger partial charge in [-0.05, 0) is 0 Å². The zero-order chi connectivity index (χ0) is 49.0. The average Bonchev–Trinajstić information content (AvgIpc) is 2.93. The van der Waals surface area contributed by atoms with Gasteiger partial charge in [0.15, 0.2) is 20.2 Å². The van der Waals surface area contributed by atoms with Crippen LogP contribution in [0.15, 0.2) is 0 Å². The normalized spacial score (nSPS) is 16.6. The van der Waals surface area contributed by atoms with Crippen LogP contribution in [0, 0.1) is 0 Å². The van der Waals surface area contributed by atoms with Crippen molar-refractivity contribution in [3.8, 4) is 0 Å². The summed E-state index contributed by atoms with van der Waals surface area (Å²) in [7, 11) is -16.3. The Hall–Kier alpha value is -1.90. The van der Waals surface area contributed by atoms with Crippen LogP contribution >= 0.6 is 0 Å². The third kappa shape index (κ3) is 8.13. The Kier molecular flexibility index (Phi) is 15.7. The first-order valence-electron chi connectivity index (χ1n) is 11.3. The Bertz CT molecular complexity index is 1600. The Morgan fingerprint density at radius 3 is 0.424 bits per heavy atom. The van der Waals surface area contributed by atoms with Gasteiger partial charge in [-0.25, -0.2) is 16.8 Å². The molecule has 0 heterocycles. The fourth-order valence-corrected chi connectivity index (χ4v) is 3.50. The van der Waals surface area contributed by atoms with Gasteiger partial charge in [-0.2, -0.15) is 149 Å². The van der Waals surface area contributed by atoms with E-state index in [1.54, 1.807) is 0 Å². The van der Waals surface area contributed by atoms with Crippen LogP contribution < -0.4 is 0 Å². The van der Waals surface area contributed by atoms with Gasteiger partial charge in [0.25, 0.3) is 0 Å². The maximum atomic E-state index is 13.0. The minimum atomic E-state index is -8.92. The molecule has 0 saturated heterocycles. The minimum absolute atomic E-state index is 0. The molecular weight excluding hydrogens is 1100 g/mol. The Morgan fingerprint density at radius 1 is 0.220 bits per heavy atom. The Labute approximate surface area is 310 Å². The van der Waals surface area contributed by atoms with Crippen molar-refractivity contribution in [3.05, 3.63) is 0 Å². The number of hydrogen-bond acceptors (Lipinski definition) is 6. The molecule has 0 amide bonds. The van der Waals surface area contributed by atoms with Gasteiger partial charge in [0.2, 0.25) is 0 Å². The number of rotatable bonds is 14. The predicted octanol–water partition coefficient (Wildman–Crippen LogP) is 8.99. The first kappa shape index (κ1) is 61.4. The zero-order valence-corrected chi connectivity index (χ0v) is 27.6. The van der Waals surface area contributed by atoms with Crippen molar-refractivity contribution in [2.75, 3.05) is 0 Å². The molecule has 0 fully saturated rings. The SMILES string of the molecule is O=S(=O)([O-])C(F)(F)C(F)(F)C(F)(F)C(F)(F)C(F)(F)C(F)(F)C(F)(F)C(F)(F)F.O=S(=O)([O-])C(F)(F)C(F)(F)C(F)(F)C(F)(F)C(F)(F)C(F)(F)C(F)(F)C(F)(F)F.[Pd+2]. The van der Waals surface area contributed by atoms with Crippen LogP contribution in [0.1, 0.15) is 0 Å². The van der Waals surface area contributed by atoms with E-state index in [1.165, 1.54) is 0 Å². The van der Waals surface area contributed by atoms with E-state index >= 15 is 0 Å². The van der Waals surface area contributed by atoms with E-state index in [-0.39, 0.29) is 20.4 Å². The third-order valence-corrected chi connectivity index (χ3v) is 7.78. The summed E-state index contributed by atoms with van der Waals surface area (Å²) in [5.74, 6) is -104. The number of alkyl halides is 34. The summed E-state index contributed by atoms with van der Waals surface area (Å²) in [6, 6.07) is 0. The molecule has 0 N–H and O–H groups in total. The van der Waals surface area contributed by atoms with E-state index in [4.69, 9.17) is 0 Å². The van der Waals surface area contributed by atoms with Crippen LogP contribution in [0.5, 0.6) is 0 Å². The first-order chi connectivity index (χ1) is 24.0. The molecule has 0 aromatic rings. The van der Waals surface area contributed by atoms with Crippen LogP contribution in [0.3, 0.4) is 0 Å². The molecule has 0 spiro atoms. The van der Waals surface area contributed by atoms with Crippen LogP contribution in [-0.2, 0) is 40.7 Å². The molecule has 43 heteroatoms. The molecule has 0 aromatic heterocycles. The molecule has 0 aliphatic carbocycles. The van der Waals surface area contributed by atoms with E-state index in [1.807, 2.05) is 0 Å². The van der Waals surface area contributed by atoms with Gasteiger partial charge < -0.3 is 9.11 Å². The molecule has 0 rings (SSSR count). The second-order valence-corrected chi connectivity index (χ2v) is 12.7. The van der Waals surface area contributed by atoms with E-state index in [9.17, 15) is 175 Å². The van der Waals surface area contributed by atoms with Gasteiger partial charge in [-0.1, -0.05) is 0 Å². The van der Waals surface area contributed by atoms with Gasteiger partial charge in [0, 0.05) is 0 Å². The number of hydrogen-bond donors (Lipinski definition) is 0. The van der Waals surface area contributed by atoms with Gasteiger partial charge in [0.05, 0.1) is 0 Å². The first-order valence-corrected chi connectivity index (χ1v) is 14.2. The average molecular weight is 1100 g/mol. The van der Waals surface area contributed by atoms with Crippen LogP contribution in [0.2, 0.25) is 0 Å². The second-order valence-electron chi connectivity index (χ2n) is 9.83. The van der Waals surface area contributed by atoms with Crippen molar-refractivity contribution in [2.45, 2.75) is 93.9 Å². The quantitative estimate of drug-likeness (QED) is 0.0976. The topological polar surface area (TPSA) is 114 Å². The Balaban J connectivity index is -0.00000105. The van der Waals surface area contributed by atoms with Crippen molar-refractivity contribution in [1.29, 1.82) is 0 Å². The van der Waals surface area contributed by atoms with Crippen molar-refractivity contribution in [3.63, 3.8) is 0 Å². The molecule has 0 bridgehead atoms. The zero-order valence-electron chi connectivity index (χ0n) is 24.4. The smallest absolute Gasteiger partial charge is 0.743 e. The van der Waals surface area contributed by atoms with Crippen LogP contribution in [0.25, 0.3) is 0 Å². The maximum Gasteiger partial charge on any atom is 2.00 e. The van der Waals surface area contributed by atoms with E-state index in [0.29, 0.717) is 0 Å². The van der Waals surface area contributed by atoms with Gasteiger partial charge in [0.1, 0.15) is 0 Å². The van der Waals surface area contributed by atoms with Crippen molar-refractivity contribution in [1.82, 2.24) is 0 Å². The standard InChI is InChI=1S/2C8HF17O3S.Pd/c2*9-1(10,3(13,14)5(17,18)7(21,22)23)2(11,12)4(15,16)6(19,20)8(24,25)29(26,27)28;/h2*(H,26,27,28);/q;;+2/p-2. The molecule has 59 heavy (non-hydrogen) atoms. The molecule has 0 aromatic carbocycles. The van der Waals surface area contributed by atoms with E-state index in [0.717, 1.165) is 0 Å². The molecule has 360 valence electrons. The van der Waals surface area contributed by atoms with Gasteiger partial charge in [-0.3, -0.25) is 0 Å². The van der Waals surface area contributed by atoms with Crippen molar-refractivity contribution >= 4 is 20.2 Å². The summed E-state index contributed by atoms with van der Waals surface area (Å²) >= 11 is 0. The maximum absolute atomic E-state index is 13.0. The summed E-state index contributed by atoms with van der Waals surface area (Å²) in [6.45, 7) is 0. The molecular formula is C16F34O6PdS2. The molecule has 0 atom stereocenters. The van der Waals surface area contributed by atoms with Crippen molar-refractivity contribution < 1.29 is 196 Å². The van der Waals surface area contributed by atoms with Crippen LogP contribution in [0.4, 0.5) is 149 Å². The summed E-state index contributed by atoms with van der Waals surface area (Å²) in [5, 5.41) is -15.9. The largest absolute Gasteiger partial charge is 2.00 e. The number of halogens is 34. The van der Waals surface area contributed by atoms with Gasteiger partial charge in [-0.15, -0.1) is 0 Å². The predicted molar refractivity (Wildman–Crippen MR) is 101 cm³/mol. The molecule has 0 unspecified atom stereocenters. The fourth-order valence-electron chi connectivity index (χ4n) is 2.61. The fraction of sp³-hybridized carbons (Fsp3) is 1.00. The molecule has 0 aliphatic rings. The van der Waals surface area contributed by atoms with Crippen LogP contribution in [-0.4, -0.2) is 120 Å². The van der Waals surface area contributed by atoms with Crippen molar-refractivity contribution in [2.24, 2.45) is 0 Å². The molecule has 0 aliphatic heterocycles. The summed E-state index contributed by atoms with van der Waals surface area (Å²) in [4.78, 5) is 0. The van der Waals surface area contributed by atoms with E-state index < -0.39 is 114 Å². The second kappa shape index (κ2) is 15.1. The third-order valence-electron chi connectivity index (χ3n) is 6.01. The summed E-state index contributed by atoms with van der Waals surface area (Å²) in [6.07, 6.45) is -15.8. The summed E-state index contributed by atoms with van der Waals surface area (Å²) in [5.41, 5.74) is 0. The van der Waals surface area contributed by atoms with Gasteiger partial charge >= 0.3 is 114 Å². The Morgan fingerprint density at radius 2 is 0.322 bits per heavy atom.